The molecule has 0 aliphatic carbocycles. The van der Waals surface area contributed by atoms with Gasteiger partial charge < -0.3 is 5.32 Å². The highest BCUT2D eigenvalue weighted by molar-refractivity contribution is 7.92. The molecule has 0 radical (unpaired) electrons. The Hall–Kier alpha value is -1.76. The smallest absolute Gasteiger partial charge is 0.248 e. The molecule has 2 aromatic carbocycles. The van der Waals surface area contributed by atoms with Gasteiger partial charge in [-0.3, -0.25) is 9.10 Å². The van der Waals surface area contributed by atoms with E-state index in [9.17, 15) is 13.2 Å². The second-order valence-corrected chi connectivity index (χ2v) is 8.74. The van der Waals surface area contributed by atoms with Crippen molar-refractivity contribution in [2.24, 2.45) is 0 Å². The number of rotatable bonds is 5. The van der Waals surface area contributed by atoms with E-state index in [-0.39, 0.29) is 10.7 Å². The summed E-state index contributed by atoms with van der Waals surface area (Å²) in [6.07, 6.45) is 1.04. The minimum atomic E-state index is -3.73. The molecule has 0 aliphatic rings. The van der Waals surface area contributed by atoms with Gasteiger partial charge in [0.05, 0.1) is 22.0 Å². The SMILES string of the molecule is Cc1cccc(NC(=O)[C@H](C)N(c2ccc(Cl)c(Cl)c2)S(C)(=O)=O)c1C. The number of halogens is 2. The van der Waals surface area contributed by atoms with E-state index in [0.29, 0.717) is 10.7 Å². The van der Waals surface area contributed by atoms with Crippen LogP contribution >= 0.6 is 23.2 Å². The van der Waals surface area contributed by atoms with Crippen LogP contribution < -0.4 is 9.62 Å². The zero-order valence-corrected chi connectivity index (χ0v) is 17.2. The second-order valence-electron chi connectivity index (χ2n) is 6.07. The molecule has 0 spiro atoms. The monoisotopic (exact) mass is 414 g/mol. The lowest BCUT2D eigenvalue weighted by Crippen LogP contribution is -2.45. The molecule has 8 heteroatoms. The van der Waals surface area contributed by atoms with E-state index in [2.05, 4.69) is 5.32 Å². The van der Waals surface area contributed by atoms with Crippen LogP contribution in [0, 0.1) is 13.8 Å². The average molecular weight is 415 g/mol. The highest BCUT2D eigenvalue weighted by Gasteiger charge is 2.29. The van der Waals surface area contributed by atoms with Gasteiger partial charge >= 0.3 is 0 Å². The number of nitrogens with one attached hydrogen (secondary N) is 1. The van der Waals surface area contributed by atoms with Gasteiger partial charge in [-0.2, -0.15) is 0 Å². The van der Waals surface area contributed by atoms with Crippen LogP contribution in [-0.2, 0) is 14.8 Å². The topological polar surface area (TPSA) is 66.5 Å². The van der Waals surface area contributed by atoms with Crippen LogP contribution in [0.2, 0.25) is 10.0 Å². The molecule has 0 fully saturated rings. The normalized spacial score (nSPS) is 12.5. The Balaban J connectivity index is 2.37. The Morgan fingerprint density at radius 1 is 1.12 bits per heavy atom. The molecule has 0 saturated carbocycles. The third-order valence-electron chi connectivity index (χ3n) is 4.11. The van der Waals surface area contributed by atoms with Crippen molar-refractivity contribution in [2.45, 2.75) is 26.8 Å². The fourth-order valence-corrected chi connectivity index (χ4v) is 4.01. The molecular weight excluding hydrogens is 395 g/mol. The molecule has 1 N–H and O–H groups in total. The third-order valence-corrected chi connectivity index (χ3v) is 6.09. The summed E-state index contributed by atoms with van der Waals surface area (Å²) in [5, 5.41) is 3.31. The summed E-state index contributed by atoms with van der Waals surface area (Å²) in [5.41, 5.74) is 2.86. The molecule has 5 nitrogen and oxygen atoms in total. The van der Waals surface area contributed by atoms with Crippen LogP contribution in [0.15, 0.2) is 36.4 Å². The van der Waals surface area contributed by atoms with E-state index in [1.165, 1.54) is 25.1 Å². The first-order valence-corrected chi connectivity index (χ1v) is 10.4. The Morgan fingerprint density at radius 2 is 1.77 bits per heavy atom. The number of sulfonamides is 1. The fraction of sp³-hybridized carbons (Fsp3) is 0.278. The summed E-state index contributed by atoms with van der Waals surface area (Å²) in [5.74, 6) is -0.449. The van der Waals surface area contributed by atoms with E-state index in [1.54, 1.807) is 6.07 Å². The minimum Gasteiger partial charge on any atom is -0.324 e. The molecule has 2 rings (SSSR count). The van der Waals surface area contributed by atoms with Gasteiger partial charge in [-0.15, -0.1) is 0 Å². The number of aryl methyl sites for hydroxylation is 1. The number of carbonyl (C=O) groups excluding carboxylic acids is 1. The van der Waals surface area contributed by atoms with Crippen molar-refractivity contribution in [3.05, 3.63) is 57.6 Å². The summed E-state index contributed by atoms with van der Waals surface area (Å²) in [7, 11) is -3.73. The molecule has 1 atom stereocenters. The van der Waals surface area contributed by atoms with Gasteiger partial charge in [0.15, 0.2) is 0 Å². The molecule has 140 valence electrons. The lowest BCUT2D eigenvalue weighted by atomic mass is 10.1. The van der Waals surface area contributed by atoms with Crippen molar-refractivity contribution in [3.63, 3.8) is 0 Å². The van der Waals surface area contributed by atoms with E-state index in [4.69, 9.17) is 23.2 Å². The number of benzene rings is 2. The number of carbonyl (C=O) groups is 1. The van der Waals surface area contributed by atoms with Crippen molar-refractivity contribution in [1.29, 1.82) is 0 Å². The van der Waals surface area contributed by atoms with E-state index >= 15 is 0 Å². The summed E-state index contributed by atoms with van der Waals surface area (Å²) < 4.78 is 25.7. The largest absolute Gasteiger partial charge is 0.324 e. The van der Waals surface area contributed by atoms with Crippen molar-refractivity contribution < 1.29 is 13.2 Å². The van der Waals surface area contributed by atoms with Crippen LogP contribution in [0.25, 0.3) is 0 Å². The maximum Gasteiger partial charge on any atom is 0.248 e. The maximum absolute atomic E-state index is 12.7. The van der Waals surface area contributed by atoms with Gasteiger partial charge in [-0.1, -0.05) is 35.3 Å². The first-order chi connectivity index (χ1) is 12.0. The highest BCUT2D eigenvalue weighted by Crippen LogP contribution is 2.30. The average Bonchev–Trinajstić information content (AvgIpc) is 2.54. The van der Waals surface area contributed by atoms with Crippen LogP contribution in [-0.4, -0.2) is 26.6 Å². The predicted octanol–water partition coefficient (Wildman–Crippen LogP) is 4.40. The predicted molar refractivity (Wildman–Crippen MR) is 108 cm³/mol. The molecule has 1 amide bonds. The second kappa shape index (κ2) is 7.86. The van der Waals surface area contributed by atoms with Gasteiger partial charge in [-0.25, -0.2) is 8.42 Å². The van der Waals surface area contributed by atoms with Crippen LogP contribution in [0.4, 0.5) is 11.4 Å². The highest BCUT2D eigenvalue weighted by atomic mass is 35.5. The molecule has 0 aliphatic heterocycles. The molecule has 2 aromatic rings. The molecular formula is C18H20Cl2N2O3S. The van der Waals surface area contributed by atoms with E-state index in [0.717, 1.165) is 21.7 Å². The zero-order chi connectivity index (χ0) is 19.6. The Bertz CT molecular complexity index is 945. The van der Waals surface area contributed by atoms with Crippen molar-refractivity contribution in [1.82, 2.24) is 0 Å². The number of hydrogen-bond donors (Lipinski definition) is 1. The van der Waals surface area contributed by atoms with Gasteiger partial charge in [0.1, 0.15) is 6.04 Å². The third kappa shape index (κ3) is 4.50. The summed E-state index contributed by atoms with van der Waals surface area (Å²) >= 11 is 11.9. The zero-order valence-electron chi connectivity index (χ0n) is 14.9. The van der Waals surface area contributed by atoms with Gasteiger partial charge in [0.2, 0.25) is 15.9 Å². The van der Waals surface area contributed by atoms with Crippen LogP contribution in [0.1, 0.15) is 18.1 Å². The van der Waals surface area contributed by atoms with Crippen LogP contribution in [0.5, 0.6) is 0 Å². The first-order valence-electron chi connectivity index (χ1n) is 7.84. The Morgan fingerprint density at radius 3 is 2.35 bits per heavy atom. The number of amides is 1. The molecule has 0 heterocycles. The molecule has 0 saturated heterocycles. The van der Waals surface area contributed by atoms with Gasteiger partial charge in [0.25, 0.3) is 0 Å². The van der Waals surface area contributed by atoms with Crippen molar-refractivity contribution in [3.8, 4) is 0 Å². The summed E-state index contributed by atoms with van der Waals surface area (Å²) in [6.45, 7) is 5.35. The van der Waals surface area contributed by atoms with Gasteiger partial charge in [-0.05, 0) is 56.2 Å². The number of hydrogen-bond acceptors (Lipinski definition) is 3. The summed E-state index contributed by atoms with van der Waals surface area (Å²) in [4.78, 5) is 12.7. The van der Waals surface area contributed by atoms with Gasteiger partial charge in [0, 0.05) is 5.69 Å². The standard InChI is InChI=1S/C18H20Cl2N2O3S/c1-11-6-5-7-17(12(11)2)21-18(23)13(3)22(26(4,24)25)14-8-9-15(19)16(20)10-14/h5-10,13H,1-4H3,(H,21,23)/t13-/m0/s1. The summed E-state index contributed by atoms with van der Waals surface area (Å²) in [6, 6.07) is 8.98. The minimum absolute atomic E-state index is 0.208. The van der Waals surface area contributed by atoms with Crippen LogP contribution in [0.3, 0.4) is 0 Å². The lowest BCUT2D eigenvalue weighted by molar-refractivity contribution is -0.116. The Kier molecular flexibility index (Phi) is 6.21. The molecule has 0 bridgehead atoms. The number of anilines is 2. The lowest BCUT2D eigenvalue weighted by Gasteiger charge is -2.28. The van der Waals surface area contributed by atoms with Crippen molar-refractivity contribution >= 4 is 50.5 Å². The molecule has 0 unspecified atom stereocenters. The number of nitrogens with zero attached hydrogens (tertiary/aromatic N) is 1. The fourth-order valence-electron chi connectivity index (χ4n) is 2.55. The molecule has 0 aromatic heterocycles. The van der Waals surface area contributed by atoms with Crippen molar-refractivity contribution in [2.75, 3.05) is 15.9 Å². The maximum atomic E-state index is 12.7. The Labute approximate surface area is 164 Å². The quantitative estimate of drug-likeness (QED) is 0.787. The first kappa shape index (κ1) is 20.6. The van der Waals surface area contributed by atoms with E-state index < -0.39 is 22.0 Å². The van der Waals surface area contributed by atoms with E-state index in [1.807, 2.05) is 26.0 Å². The molecule has 26 heavy (non-hydrogen) atoms.